The predicted octanol–water partition coefficient (Wildman–Crippen LogP) is 3.33. The van der Waals surface area contributed by atoms with Crippen LogP contribution < -0.4 is 10.2 Å². The number of benzene rings is 2. The molecule has 0 unspecified atom stereocenters. The molecule has 3 amide bonds. The number of ether oxygens (including phenoxy) is 1. The molecule has 1 saturated heterocycles. The summed E-state index contributed by atoms with van der Waals surface area (Å²) < 4.78 is 5.15. The number of imide groups is 1. The first kappa shape index (κ1) is 20.4. The maximum Gasteiger partial charge on any atom is 0.338 e. The number of carbonyl (C=O) groups excluding carboxylic acids is 4. The van der Waals surface area contributed by atoms with Crippen molar-refractivity contribution in [3.05, 3.63) is 59.7 Å². The number of fused-ring (bicyclic) bond motifs is 5. The van der Waals surface area contributed by atoms with Gasteiger partial charge in [0.1, 0.15) is 0 Å². The van der Waals surface area contributed by atoms with Crippen LogP contribution in [0.2, 0.25) is 0 Å². The van der Waals surface area contributed by atoms with Crippen LogP contribution in [0.1, 0.15) is 35.2 Å². The minimum absolute atomic E-state index is 0.157. The number of nitrogens with one attached hydrogen (secondary N) is 1. The Labute approximate surface area is 185 Å². The van der Waals surface area contributed by atoms with E-state index in [1.165, 1.54) is 11.0 Å². The van der Waals surface area contributed by atoms with Gasteiger partial charge in [-0.05, 0) is 67.9 Å². The van der Waals surface area contributed by atoms with Crippen LogP contribution in [0.5, 0.6) is 0 Å². The smallest absolute Gasteiger partial charge is 0.338 e. The predicted molar refractivity (Wildman–Crippen MR) is 117 cm³/mol. The van der Waals surface area contributed by atoms with Crippen molar-refractivity contribution >= 4 is 35.1 Å². The van der Waals surface area contributed by atoms with Gasteiger partial charge in [-0.25, -0.2) is 4.79 Å². The fourth-order valence-electron chi connectivity index (χ4n) is 5.55. The molecule has 1 heterocycles. The van der Waals surface area contributed by atoms with E-state index in [4.69, 9.17) is 4.74 Å². The van der Waals surface area contributed by atoms with Crippen LogP contribution in [0.25, 0.3) is 0 Å². The number of hydrogen-bond acceptors (Lipinski definition) is 5. The summed E-state index contributed by atoms with van der Waals surface area (Å²) in [4.78, 5) is 52.0. The zero-order valence-electron chi connectivity index (χ0n) is 17.7. The Balaban J connectivity index is 1.26. The molecule has 0 aromatic heterocycles. The van der Waals surface area contributed by atoms with Crippen LogP contribution in [0.4, 0.5) is 11.4 Å². The Morgan fingerprint density at radius 2 is 1.69 bits per heavy atom. The minimum atomic E-state index is -0.689. The zero-order chi connectivity index (χ0) is 22.4. The normalized spacial score (nSPS) is 25.7. The van der Waals surface area contributed by atoms with Gasteiger partial charge in [-0.15, -0.1) is 0 Å². The number of para-hydroxylation sites is 1. The molecule has 164 valence electrons. The molecule has 1 aliphatic heterocycles. The van der Waals surface area contributed by atoms with Crippen molar-refractivity contribution in [3.63, 3.8) is 0 Å². The lowest BCUT2D eigenvalue weighted by Crippen LogP contribution is -2.32. The molecule has 3 fully saturated rings. The number of nitrogens with zero attached hydrogens (tertiary/aromatic N) is 1. The molecule has 7 nitrogen and oxygen atoms in total. The maximum absolute atomic E-state index is 13.0. The van der Waals surface area contributed by atoms with E-state index >= 15 is 0 Å². The Morgan fingerprint density at radius 3 is 2.38 bits per heavy atom. The fourth-order valence-corrected chi connectivity index (χ4v) is 5.55. The van der Waals surface area contributed by atoms with Crippen molar-refractivity contribution in [3.8, 4) is 0 Å². The summed E-state index contributed by atoms with van der Waals surface area (Å²) in [5.41, 5.74) is 2.12. The monoisotopic (exact) mass is 432 g/mol. The lowest BCUT2D eigenvalue weighted by atomic mass is 9.81. The largest absolute Gasteiger partial charge is 0.452 e. The standard InChI is InChI=1S/C25H24N2O5/c1-14-5-2-3-8-19(14)26-20(28)13-32-25(31)17-6-4-7-18(12-17)27-23(29)21-15-9-10-16(11-15)22(21)24(27)30/h2-8,12,15-16,21-22H,9-11,13H2,1H3,(H,26,28)/t15-,16-,21-,22+/m0/s1. The molecule has 2 saturated carbocycles. The van der Waals surface area contributed by atoms with Gasteiger partial charge in [-0.2, -0.15) is 0 Å². The van der Waals surface area contributed by atoms with E-state index in [2.05, 4.69) is 5.32 Å². The summed E-state index contributed by atoms with van der Waals surface area (Å²) in [5.74, 6) is -1.30. The first-order valence-electron chi connectivity index (χ1n) is 10.9. The van der Waals surface area contributed by atoms with E-state index in [-0.39, 0.29) is 29.2 Å². The highest BCUT2D eigenvalue weighted by atomic mass is 16.5. The van der Waals surface area contributed by atoms with E-state index < -0.39 is 18.5 Å². The Hall–Kier alpha value is -3.48. The Bertz CT molecular complexity index is 1100. The quantitative estimate of drug-likeness (QED) is 0.578. The molecule has 2 bridgehead atoms. The summed E-state index contributed by atoms with van der Waals surface area (Å²) >= 11 is 0. The molecular formula is C25H24N2O5. The van der Waals surface area contributed by atoms with Crippen molar-refractivity contribution in [2.24, 2.45) is 23.7 Å². The number of rotatable bonds is 5. The molecule has 4 atom stereocenters. The molecule has 3 aliphatic rings. The number of amides is 3. The van der Waals surface area contributed by atoms with Crippen LogP contribution in [-0.2, 0) is 19.1 Å². The van der Waals surface area contributed by atoms with Gasteiger partial charge in [0, 0.05) is 5.69 Å². The highest BCUT2D eigenvalue weighted by molar-refractivity contribution is 6.22. The van der Waals surface area contributed by atoms with Crippen LogP contribution in [0, 0.1) is 30.6 Å². The summed E-state index contributed by atoms with van der Waals surface area (Å²) in [7, 11) is 0. The van der Waals surface area contributed by atoms with E-state index in [1.54, 1.807) is 30.3 Å². The molecule has 32 heavy (non-hydrogen) atoms. The molecule has 2 aromatic rings. The third-order valence-electron chi connectivity index (χ3n) is 7.02. The topological polar surface area (TPSA) is 92.8 Å². The van der Waals surface area contributed by atoms with Crippen LogP contribution in [-0.4, -0.2) is 30.3 Å². The number of carbonyl (C=O) groups is 4. The fraction of sp³-hybridized carbons (Fsp3) is 0.360. The van der Waals surface area contributed by atoms with E-state index in [1.807, 2.05) is 19.1 Å². The second kappa shape index (κ2) is 7.89. The van der Waals surface area contributed by atoms with Gasteiger partial charge in [-0.1, -0.05) is 24.3 Å². The second-order valence-electron chi connectivity index (χ2n) is 8.89. The number of hydrogen-bond donors (Lipinski definition) is 1. The third-order valence-corrected chi connectivity index (χ3v) is 7.02. The van der Waals surface area contributed by atoms with Crippen molar-refractivity contribution in [1.29, 1.82) is 0 Å². The number of aryl methyl sites for hydroxylation is 1. The first-order valence-corrected chi connectivity index (χ1v) is 10.9. The van der Waals surface area contributed by atoms with Gasteiger partial charge in [0.2, 0.25) is 11.8 Å². The summed E-state index contributed by atoms with van der Waals surface area (Å²) in [6.07, 6.45) is 2.99. The molecular weight excluding hydrogens is 408 g/mol. The Morgan fingerprint density at radius 1 is 1.00 bits per heavy atom. The maximum atomic E-state index is 13.0. The summed E-state index contributed by atoms with van der Waals surface area (Å²) in [6.45, 7) is 1.43. The Kier molecular flexibility index (Phi) is 5.04. The van der Waals surface area contributed by atoms with Crippen molar-refractivity contribution in [2.75, 3.05) is 16.8 Å². The lowest BCUT2D eigenvalue weighted by Gasteiger charge is -2.19. The average Bonchev–Trinajstić information content (AvgIpc) is 3.47. The molecule has 5 rings (SSSR count). The average molecular weight is 432 g/mol. The van der Waals surface area contributed by atoms with Gasteiger partial charge in [-0.3, -0.25) is 19.3 Å². The van der Waals surface area contributed by atoms with E-state index in [0.717, 1.165) is 24.8 Å². The highest BCUT2D eigenvalue weighted by Crippen LogP contribution is 2.56. The van der Waals surface area contributed by atoms with E-state index in [0.29, 0.717) is 23.2 Å². The molecule has 0 spiro atoms. The molecule has 1 N–H and O–H groups in total. The number of esters is 1. The second-order valence-corrected chi connectivity index (χ2v) is 8.89. The van der Waals surface area contributed by atoms with Gasteiger partial charge in [0.05, 0.1) is 23.1 Å². The zero-order valence-corrected chi connectivity index (χ0v) is 17.7. The van der Waals surface area contributed by atoms with Gasteiger partial charge in [0.15, 0.2) is 6.61 Å². The van der Waals surface area contributed by atoms with Gasteiger partial charge >= 0.3 is 5.97 Å². The lowest BCUT2D eigenvalue weighted by molar-refractivity contribution is -0.123. The third kappa shape index (κ3) is 3.38. The van der Waals surface area contributed by atoms with Crippen molar-refractivity contribution in [2.45, 2.75) is 26.2 Å². The van der Waals surface area contributed by atoms with Crippen LogP contribution in [0.3, 0.4) is 0 Å². The highest BCUT2D eigenvalue weighted by Gasteiger charge is 2.61. The van der Waals surface area contributed by atoms with Crippen molar-refractivity contribution < 1.29 is 23.9 Å². The molecule has 0 radical (unpaired) electrons. The number of anilines is 2. The summed E-state index contributed by atoms with van der Waals surface area (Å²) in [5, 5.41) is 2.71. The van der Waals surface area contributed by atoms with Crippen LogP contribution in [0.15, 0.2) is 48.5 Å². The van der Waals surface area contributed by atoms with Gasteiger partial charge < -0.3 is 10.1 Å². The van der Waals surface area contributed by atoms with Crippen molar-refractivity contribution in [1.82, 2.24) is 0 Å². The minimum Gasteiger partial charge on any atom is -0.452 e. The SMILES string of the molecule is Cc1ccccc1NC(=O)COC(=O)c1cccc(N2C(=O)[C@@H]3[C@H]4CC[C@@H](C4)[C@@H]3C2=O)c1. The molecule has 2 aromatic carbocycles. The van der Waals surface area contributed by atoms with Crippen LogP contribution >= 0.6 is 0 Å². The molecule has 2 aliphatic carbocycles. The summed E-state index contributed by atoms with van der Waals surface area (Å²) in [6, 6.07) is 13.6. The van der Waals surface area contributed by atoms with E-state index in [9.17, 15) is 19.2 Å². The molecule has 7 heteroatoms. The first-order chi connectivity index (χ1) is 15.4. The van der Waals surface area contributed by atoms with Gasteiger partial charge in [0.25, 0.3) is 5.91 Å².